The number of ether oxygens (including phenoxy) is 1. The summed E-state index contributed by atoms with van der Waals surface area (Å²) in [6.07, 6.45) is -6.47. The molecular weight excluding hydrogens is 323 g/mol. The van der Waals surface area contributed by atoms with Gasteiger partial charge >= 0.3 is 12.1 Å². The topological polar surface area (TPSA) is 61.9 Å². The van der Waals surface area contributed by atoms with Gasteiger partial charge in [-0.2, -0.15) is 13.2 Å². The third-order valence-electron chi connectivity index (χ3n) is 3.50. The number of fused-ring (bicyclic) bond motifs is 1. The average Bonchev–Trinajstić information content (AvgIpc) is 3.06. The highest BCUT2D eigenvalue weighted by Crippen LogP contribution is 2.34. The Labute approximate surface area is 127 Å². The second-order valence-electron chi connectivity index (χ2n) is 4.85. The van der Waals surface area contributed by atoms with Gasteiger partial charge in [0, 0.05) is 19.6 Å². The van der Waals surface area contributed by atoms with Crippen molar-refractivity contribution in [1.82, 2.24) is 10.2 Å². The first kappa shape index (κ1) is 15.3. The van der Waals surface area contributed by atoms with Crippen molar-refractivity contribution < 1.29 is 27.5 Å². The molecule has 3 heterocycles. The molecule has 1 N–H and O–H groups in total. The minimum absolute atomic E-state index is 0.306. The molecule has 10 heteroatoms. The van der Waals surface area contributed by atoms with Crippen LogP contribution in [-0.2, 0) is 14.3 Å². The number of nitrogens with zero attached hydrogens (tertiary/aromatic N) is 2. The van der Waals surface area contributed by atoms with E-state index in [0.717, 1.165) is 4.90 Å². The number of rotatable bonds is 2. The largest absolute Gasteiger partial charge is 0.491 e. The number of alkyl halides is 3. The molecule has 2 unspecified atom stereocenters. The molecule has 0 radical (unpaired) electrons. The Morgan fingerprint density at radius 2 is 2.23 bits per heavy atom. The molecule has 2 saturated heterocycles. The Balaban J connectivity index is 1.91. The maximum Gasteiger partial charge on any atom is 0.491 e. The number of hydrogen-bond acceptors (Lipinski definition) is 6. The fraction of sp³-hybridized carbons (Fsp3) is 0.500. The summed E-state index contributed by atoms with van der Waals surface area (Å²) < 4.78 is 42.1. The zero-order valence-electron chi connectivity index (χ0n) is 11.2. The lowest BCUT2D eigenvalue weighted by Crippen LogP contribution is -2.54. The number of carbonyl (C=O) groups is 2. The van der Waals surface area contributed by atoms with Crippen LogP contribution in [0.5, 0.6) is 0 Å². The van der Waals surface area contributed by atoms with Crippen LogP contribution in [-0.4, -0.2) is 55.0 Å². The molecule has 0 bridgehead atoms. The van der Waals surface area contributed by atoms with Gasteiger partial charge in [-0.1, -0.05) is 0 Å². The van der Waals surface area contributed by atoms with Crippen LogP contribution in [0.4, 0.5) is 18.2 Å². The quantitative estimate of drug-likeness (QED) is 0.809. The molecule has 2 fully saturated rings. The number of carbonyl (C=O) groups excluding carboxylic acids is 2. The van der Waals surface area contributed by atoms with Crippen molar-refractivity contribution in [2.45, 2.75) is 18.6 Å². The molecule has 2 atom stereocenters. The number of halogens is 3. The molecule has 0 aromatic carbocycles. The van der Waals surface area contributed by atoms with Crippen LogP contribution in [0, 0.1) is 0 Å². The van der Waals surface area contributed by atoms with Gasteiger partial charge in [-0.25, -0.2) is 9.69 Å². The lowest BCUT2D eigenvalue weighted by atomic mass is 10.2. The molecule has 0 saturated carbocycles. The molecule has 2 aliphatic heterocycles. The van der Waals surface area contributed by atoms with Gasteiger partial charge in [-0.3, -0.25) is 9.69 Å². The minimum atomic E-state index is -5.10. The van der Waals surface area contributed by atoms with Crippen molar-refractivity contribution in [2.75, 3.05) is 24.5 Å². The molecule has 1 amide bonds. The Morgan fingerprint density at radius 3 is 2.86 bits per heavy atom. The zero-order chi connectivity index (χ0) is 15.9. The predicted octanol–water partition coefficient (Wildman–Crippen LogP) is 0.758. The summed E-state index contributed by atoms with van der Waals surface area (Å²) in [4.78, 5) is 26.2. The summed E-state index contributed by atoms with van der Waals surface area (Å²) in [5, 5.41) is 5.15. The Bertz CT molecular complexity index is 578. The molecule has 3 rings (SSSR count). The van der Waals surface area contributed by atoms with Gasteiger partial charge in [0.25, 0.3) is 5.91 Å². The highest BCUT2D eigenvalue weighted by Gasteiger charge is 2.53. The molecule has 120 valence electrons. The van der Waals surface area contributed by atoms with E-state index in [1.165, 1.54) is 16.2 Å². The van der Waals surface area contributed by atoms with E-state index in [2.05, 4.69) is 10.1 Å². The maximum absolute atomic E-state index is 12.5. The minimum Gasteiger partial charge on any atom is -0.420 e. The molecule has 2 aliphatic rings. The van der Waals surface area contributed by atoms with Crippen LogP contribution in [0.25, 0.3) is 0 Å². The lowest BCUT2D eigenvalue weighted by Gasteiger charge is -2.32. The van der Waals surface area contributed by atoms with Crippen molar-refractivity contribution in [3.63, 3.8) is 0 Å². The number of nitrogens with one attached hydrogen (secondary N) is 1. The van der Waals surface area contributed by atoms with Gasteiger partial charge in [-0.05, 0) is 17.5 Å². The molecular formula is C12H12F3N3O3S. The molecule has 0 spiro atoms. The number of thiophene rings is 1. The first-order valence-corrected chi connectivity index (χ1v) is 7.38. The summed E-state index contributed by atoms with van der Waals surface area (Å²) in [5.41, 5.74) is 0. The Morgan fingerprint density at radius 1 is 1.45 bits per heavy atom. The van der Waals surface area contributed by atoms with E-state index in [0.29, 0.717) is 24.6 Å². The number of anilines is 1. The predicted molar refractivity (Wildman–Crippen MR) is 71.1 cm³/mol. The summed E-state index contributed by atoms with van der Waals surface area (Å²) in [7, 11) is 0. The van der Waals surface area contributed by atoms with Gasteiger partial charge in [0.2, 0.25) is 6.35 Å². The van der Waals surface area contributed by atoms with E-state index >= 15 is 0 Å². The van der Waals surface area contributed by atoms with Crippen LogP contribution < -0.4 is 10.2 Å². The van der Waals surface area contributed by atoms with Crippen LogP contribution in [0.1, 0.15) is 0 Å². The van der Waals surface area contributed by atoms with Crippen molar-refractivity contribution >= 4 is 28.2 Å². The molecule has 0 aliphatic carbocycles. The number of amides is 1. The van der Waals surface area contributed by atoms with E-state index in [1.807, 2.05) is 0 Å². The summed E-state index contributed by atoms with van der Waals surface area (Å²) in [5.74, 6) is -2.68. The first-order valence-electron chi connectivity index (χ1n) is 6.50. The van der Waals surface area contributed by atoms with Crippen LogP contribution >= 0.6 is 11.3 Å². The van der Waals surface area contributed by atoms with Crippen LogP contribution in [0.3, 0.4) is 0 Å². The normalized spacial score (nSPS) is 26.1. The van der Waals surface area contributed by atoms with E-state index in [-0.39, 0.29) is 5.91 Å². The number of piperazine rings is 1. The standard InChI is InChI=1S/C12H12F3N3O3S/c13-12(14,15)10(20)21-11-17-4-3-16-6-7(17)9(19)18(11)8-2-1-5-22-8/h1-2,5,7,11,16H,3-4,6H2. The maximum atomic E-state index is 12.5. The van der Waals surface area contributed by atoms with Crippen molar-refractivity contribution in [3.05, 3.63) is 17.5 Å². The number of hydrogen-bond donors (Lipinski definition) is 1. The fourth-order valence-corrected chi connectivity index (χ4v) is 3.29. The third kappa shape index (κ3) is 2.57. The highest BCUT2D eigenvalue weighted by molar-refractivity contribution is 7.14. The van der Waals surface area contributed by atoms with E-state index < -0.39 is 24.5 Å². The Hall–Kier alpha value is -1.65. The molecule has 6 nitrogen and oxygen atoms in total. The summed E-state index contributed by atoms with van der Waals surface area (Å²) in [6, 6.07) is 2.64. The monoisotopic (exact) mass is 335 g/mol. The fourth-order valence-electron chi connectivity index (χ4n) is 2.54. The van der Waals surface area contributed by atoms with Crippen molar-refractivity contribution in [1.29, 1.82) is 0 Å². The van der Waals surface area contributed by atoms with Gasteiger partial charge in [0.15, 0.2) is 0 Å². The second-order valence-corrected chi connectivity index (χ2v) is 5.77. The number of esters is 1. The van der Waals surface area contributed by atoms with E-state index in [4.69, 9.17) is 0 Å². The van der Waals surface area contributed by atoms with E-state index in [9.17, 15) is 22.8 Å². The zero-order valence-corrected chi connectivity index (χ0v) is 12.0. The highest BCUT2D eigenvalue weighted by atomic mass is 32.1. The molecule has 1 aromatic rings. The first-order chi connectivity index (χ1) is 10.4. The van der Waals surface area contributed by atoms with Gasteiger partial charge < -0.3 is 10.1 Å². The molecule has 1 aromatic heterocycles. The lowest BCUT2D eigenvalue weighted by molar-refractivity contribution is -0.211. The van der Waals surface area contributed by atoms with E-state index in [1.54, 1.807) is 17.5 Å². The average molecular weight is 335 g/mol. The molecule has 22 heavy (non-hydrogen) atoms. The summed E-state index contributed by atoms with van der Waals surface area (Å²) >= 11 is 1.19. The van der Waals surface area contributed by atoms with Gasteiger partial charge in [0.05, 0.1) is 0 Å². The SMILES string of the molecule is O=C1C2CNCCN2C(OC(=O)C(F)(F)F)N1c1cccs1. The van der Waals surface area contributed by atoms with Crippen molar-refractivity contribution in [2.24, 2.45) is 0 Å². The smallest absolute Gasteiger partial charge is 0.420 e. The van der Waals surface area contributed by atoms with Crippen LogP contribution in [0.15, 0.2) is 17.5 Å². The third-order valence-corrected chi connectivity index (χ3v) is 4.37. The Kier molecular flexibility index (Phi) is 3.83. The second kappa shape index (κ2) is 5.52. The van der Waals surface area contributed by atoms with Crippen LogP contribution in [0.2, 0.25) is 0 Å². The van der Waals surface area contributed by atoms with Crippen molar-refractivity contribution in [3.8, 4) is 0 Å². The summed E-state index contributed by atoms with van der Waals surface area (Å²) in [6.45, 7) is 1.12. The van der Waals surface area contributed by atoms with Gasteiger partial charge in [0.1, 0.15) is 11.0 Å². The van der Waals surface area contributed by atoms with Gasteiger partial charge in [-0.15, -0.1) is 11.3 Å².